The van der Waals surface area contributed by atoms with Crippen molar-refractivity contribution in [2.45, 2.75) is 19.6 Å². The number of aromatic amines is 1. The number of hydrogen-bond acceptors (Lipinski definition) is 2. The molecule has 0 saturated carbocycles. The summed E-state index contributed by atoms with van der Waals surface area (Å²) in [6, 6.07) is 13.3. The number of ether oxygens (including phenoxy) is 1. The van der Waals surface area contributed by atoms with Crippen molar-refractivity contribution in [1.29, 1.82) is 0 Å². The lowest BCUT2D eigenvalue weighted by Gasteiger charge is -2.12. The first-order chi connectivity index (χ1) is 13.2. The Kier molecular flexibility index (Phi) is 8.72. The van der Waals surface area contributed by atoms with Crippen LogP contribution in [-0.2, 0) is 24.3 Å². The Labute approximate surface area is 181 Å². The fourth-order valence-electron chi connectivity index (χ4n) is 3.06. The maximum absolute atomic E-state index is 13.7. The van der Waals surface area contributed by atoms with E-state index in [1.54, 1.807) is 20.2 Å². The summed E-state index contributed by atoms with van der Waals surface area (Å²) in [5, 5.41) is 7.83. The third kappa shape index (κ3) is 5.68. The number of para-hydroxylation sites is 1. The Bertz CT molecular complexity index is 926. The van der Waals surface area contributed by atoms with Crippen molar-refractivity contribution in [2.75, 3.05) is 20.7 Å². The molecule has 0 aliphatic rings. The van der Waals surface area contributed by atoms with E-state index in [0.29, 0.717) is 18.1 Å². The van der Waals surface area contributed by atoms with Crippen molar-refractivity contribution >= 4 is 40.8 Å². The van der Waals surface area contributed by atoms with Gasteiger partial charge >= 0.3 is 0 Å². The lowest BCUT2D eigenvalue weighted by molar-refractivity contribution is 0.181. The second-order valence-electron chi connectivity index (χ2n) is 6.32. The molecule has 0 bridgehead atoms. The van der Waals surface area contributed by atoms with Crippen molar-refractivity contribution in [1.82, 2.24) is 15.6 Å². The summed E-state index contributed by atoms with van der Waals surface area (Å²) in [4.78, 5) is 7.54. The second kappa shape index (κ2) is 11.0. The average molecular weight is 496 g/mol. The van der Waals surface area contributed by atoms with E-state index in [4.69, 9.17) is 4.74 Å². The van der Waals surface area contributed by atoms with Crippen LogP contribution in [0, 0.1) is 5.82 Å². The summed E-state index contributed by atoms with van der Waals surface area (Å²) >= 11 is 0. The molecule has 0 saturated heterocycles. The van der Waals surface area contributed by atoms with Crippen LogP contribution in [0.3, 0.4) is 0 Å². The fraction of sp³-hybridized carbons (Fsp3) is 0.286. The van der Waals surface area contributed by atoms with Crippen molar-refractivity contribution in [3.63, 3.8) is 0 Å². The topological polar surface area (TPSA) is 61.4 Å². The molecule has 5 nitrogen and oxygen atoms in total. The van der Waals surface area contributed by atoms with Gasteiger partial charge in [-0.3, -0.25) is 4.99 Å². The molecule has 0 amide bonds. The number of methoxy groups -OCH3 is 1. The number of halogens is 2. The van der Waals surface area contributed by atoms with Gasteiger partial charge in [-0.05, 0) is 35.7 Å². The van der Waals surface area contributed by atoms with Gasteiger partial charge in [-0.1, -0.05) is 24.3 Å². The number of hydrogen-bond donors (Lipinski definition) is 3. The molecule has 7 heteroatoms. The van der Waals surface area contributed by atoms with Crippen LogP contribution in [0.15, 0.2) is 53.7 Å². The average Bonchev–Trinajstić information content (AvgIpc) is 3.10. The standard InChI is InChI=1S/C21H25FN4O.HI/c1-23-21(26-12-15-7-8-19(22)17(11-15)14-27-2)24-10-9-16-13-25-20-6-4-3-5-18(16)20;/h3-8,11,13,25H,9-10,12,14H2,1-2H3,(H2,23,24,26);1H. The molecule has 3 aromatic rings. The van der Waals surface area contributed by atoms with E-state index in [2.05, 4.69) is 38.9 Å². The van der Waals surface area contributed by atoms with Crippen molar-refractivity contribution < 1.29 is 9.13 Å². The van der Waals surface area contributed by atoms with Gasteiger partial charge in [-0.25, -0.2) is 4.39 Å². The van der Waals surface area contributed by atoms with Crippen LogP contribution < -0.4 is 10.6 Å². The Hall–Kier alpha value is -2.13. The zero-order valence-corrected chi connectivity index (χ0v) is 18.4. The molecule has 0 atom stereocenters. The SMILES string of the molecule is CN=C(NCCc1c[nH]c2ccccc12)NCc1ccc(F)c(COC)c1.I. The van der Waals surface area contributed by atoms with Gasteiger partial charge < -0.3 is 20.4 Å². The molecular weight excluding hydrogens is 470 g/mol. The first-order valence-corrected chi connectivity index (χ1v) is 8.97. The number of nitrogens with zero attached hydrogens (tertiary/aromatic N) is 1. The largest absolute Gasteiger partial charge is 0.380 e. The van der Waals surface area contributed by atoms with Gasteiger partial charge in [-0.15, -0.1) is 24.0 Å². The Morgan fingerprint density at radius 3 is 2.75 bits per heavy atom. The summed E-state index contributed by atoms with van der Waals surface area (Å²) in [5.41, 5.74) is 3.96. The Balaban J connectivity index is 0.00000280. The lowest BCUT2D eigenvalue weighted by atomic mass is 10.1. The zero-order chi connectivity index (χ0) is 19.1. The molecule has 0 aliphatic heterocycles. The highest BCUT2D eigenvalue weighted by Crippen LogP contribution is 2.17. The summed E-state index contributed by atoms with van der Waals surface area (Å²) in [6.45, 7) is 1.58. The summed E-state index contributed by atoms with van der Waals surface area (Å²) in [7, 11) is 3.30. The number of nitrogens with one attached hydrogen (secondary N) is 3. The van der Waals surface area contributed by atoms with Crippen LogP contribution in [-0.4, -0.2) is 31.6 Å². The van der Waals surface area contributed by atoms with Crippen molar-refractivity contribution in [3.8, 4) is 0 Å². The predicted octanol–water partition coefficient (Wildman–Crippen LogP) is 3.98. The van der Waals surface area contributed by atoms with Gasteiger partial charge in [-0.2, -0.15) is 0 Å². The molecule has 0 radical (unpaired) electrons. The molecule has 0 unspecified atom stereocenters. The Morgan fingerprint density at radius 1 is 1.14 bits per heavy atom. The summed E-state index contributed by atoms with van der Waals surface area (Å²) in [6.07, 6.45) is 2.94. The lowest BCUT2D eigenvalue weighted by Crippen LogP contribution is -2.37. The van der Waals surface area contributed by atoms with E-state index < -0.39 is 0 Å². The number of rotatable bonds is 7. The third-order valence-electron chi connectivity index (χ3n) is 4.46. The molecule has 3 N–H and O–H groups in total. The highest BCUT2D eigenvalue weighted by Gasteiger charge is 2.06. The van der Waals surface area contributed by atoms with E-state index in [-0.39, 0.29) is 36.4 Å². The molecule has 0 aliphatic carbocycles. The van der Waals surface area contributed by atoms with Crippen molar-refractivity contribution in [2.24, 2.45) is 4.99 Å². The minimum atomic E-state index is -0.248. The molecule has 1 heterocycles. The predicted molar refractivity (Wildman–Crippen MR) is 123 cm³/mol. The van der Waals surface area contributed by atoms with Crippen LogP contribution in [0.4, 0.5) is 4.39 Å². The summed E-state index contributed by atoms with van der Waals surface area (Å²) < 4.78 is 18.7. The summed E-state index contributed by atoms with van der Waals surface area (Å²) in [5.74, 6) is 0.467. The fourth-order valence-corrected chi connectivity index (χ4v) is 3.06. The molecule has 2 aromatic carbocycles. The van der Waals surface area contributed by atoms with Crippen LogP contribution >= 0.6 is 24.0 Å². The molecule has 3 rings (SSSR count). The molecule has 1 aromatic heterocycles. The van der Waals surface area contributed by atoms with Crippen LogP contribution in [0.1, 0.15) is 16.7 Å². The van der Waals surface area contributed by atoms with E-state index in [1.165, 1.54) is 17.0 Å². The minimum Gasteiger partial charge on any atom is -0.380 e. The number of aromatic nitrogens is 1. The van der Waals surface area contributed by atoms with Crippen molar-refractivity contribution in [3.05, 3.63) is 71.2 Å². The van der Waals surface area contributed by atoms with Gasteiger partial charge in [0.25, 0.3) is 0 Å². The van der Waals surface area contributed by atoms with Gasteiger partial charge in [0.1, 0.15) is 5.82 Å². The minimum absolute atomic E-state index is 0. The molecule has 28 heavy (non-hydrogen) atoms. The molecular formula is C21H26FIN4O. The van der Waals surface area contributed by atoms with Gasteiger partial charge in [0.05, 0.1) is 6.61 Å². The van der Waals surface area contributed by atoms with Gasteiger partial charge in [0.15, 0.2) is 5.96 Å². The van der Waals surface area contributed by atoms with Crippen LogP contribution in [0.25, 0.3) is 10.9 Å². The van der Waals surface area contributed by atoms with E-state index in [9.17, 15) is 4.39 Å². The second-order valence-corrected chi connectivity index (χ2v) is 6.32. The quantitative estimate of drug-likeness (QED) is 0.264. The smallest absolute Gasteiger partial charge is 0.191 e. The monoisotopic (exact) mass is 496 g/mol. The zero-order valence-electron chi connectivity index (χ0n) is 16.1. The number of aliphatic imine (C=N–C) groups is 1. The van der Waals surface area contributed by atoms with Gasteiger partial charge in [0, 0.05) is 49.9 Å². The van der Waals surface area contributed by atoms with E-state index >= 15 is 0 Å². The van der Waals surface area contributed by atoms with Crippen LogP contribution in [0.2, 0.25) is 0 Å². The highest BCUT2D eigenvalue weighted by molar-refractivity contribution is 14.0. The number of guanidine groups is 1. The van der Waals surface area contributed by atoms with E-state index in [1.807, 2.05) is 18.2 Å². The van der Waals surface area contributed by atoms with Crippen LogP contribution in [0.5, 0.6) is 0 Å². The first kappa shape index (κ1) is 22.2. The normalized spacial score (nSPS) is 11.3. The number of fused-ring (bicyclic) bond motifs is 1. The highest BCUT2D eigenvalue weighted by atomic mass is 127. The third-order valence-corrected chi connectivity index (χ3v) is 4.46. The number of benzene rings is 2. The Morgan fingerprint density at radius 2 is 1.96 bits per heavy atom. The van der Waals surface area contributed by atoms with E-state index in [0.717, 1.165) is 24.0 Å². The maximum atomic E-state index is 13.7. The number of H-pyrrole nitrogens is 1. The molecule has 0 spiro atoms. The maximum Gasteiger partial charge on any atom is 0.191 e. The molecule has 150 valence electrons. The van der Waals surface area contributed by atoms with Gasteiger partial charge in [0.2, 0.25) is 0 Å². The first-order valence-electron chi connectivity index (χ1n) is 8.97. The molecule has 0 fully saturated rings.